The number of hydrogen-bond donors (Lipinski definition) is 1. The fraction of sp³-hybridized carbons (Fsp3) is 0.125. The summed E-state index contributed by atoms with van der Waals surface area (Å²) in [6.07, 6.45) is -1.18. The molecule has 0 aliphatic rings. The van der Waals surface area contributed by atoms with E-state index in [0.29, 0.717) is 5.75 Å². The summed E-state index contributed by atoms with van der Waals surface area (Å²) in [7, 11) is 2.14. The van der Waals surface area contributed by atoms with Gasteiger partial charge in [-0.05, 0) is 24.3 Å². The van der Waals surface area contributed by atoms with Gasteiger partial charge in [0.05, 0.1) is 7.11 Å². The van der Waals surface area contributed by atoms with Crippen LogP contribution in [0.25, 0.3) is 0 Å². The first-order valence-corrected chi connectivity index (χ1v) is 6.30. The zero-order valence-corrected chi connectivity index (χ0v) is 9.71. The molecule has 1 amide bonds. The van der Waals surface area contributed by atoms with Gasteiger partial charge in [0, 0.05) is 10.7 Å². The van der Waals surface area contributed by atoms with Crippen LogP contribution < -0.4 is 14.2 Å². The first kappa shape index (κ1) is 12.6. The maximum atomic E-state index is 11.0. The number of nitrogens with one attached hydrogen (secondary N) is 1. The number of rotatable bonds is 3. The molecule has 8 heteroatoms. The highest BCUT2D eigenvalue weighted by Gasteiger charge is 2.12. The van der Waals surface area contributed by atoms with Gasteiger partial charge < -0.3 is 9.47 Å². The van der Waals surface area contributed by atoms with Gasteiger partial charge in [0.25, 0.3) is 0 Å². The Labute approximate surface area is 96.7 Å². The molecule has 88 valence electrons. The molecule has 1 N–H and O–H groups in total. The van der Waals surface area contributed by atoms with Crippen molar-refractivity contribution in [1.29, 1.82) is 0 Å². The molecule has 0 unspecified atom stereocenters. The molecule has 0 saturated heterocycles. The predicted molar refractivity (Wildman–Crippen MR) is 56.9 cm³/mol. The molecule has 0 atom stereocenters. The fourth-order valence-corrected chi connectivity index (χ4v) is 1.30. The summed E-state index contributed by atoms with van der Waals surface area (Å²) in [6, 6.07) is 5.99. The van der Waals surface area contributed by atoms with Gasteiger partial charge in [0.2, 0.25) is 0 Å². The molecule has 1 aromatic rings. The van der Waals surface area contributed by atoms with Crippen LogP contribution in [-0.2, 0) is 9.24 Å². The van der Waals surface area contributed by atoms with Crippen molar-refractivity contribution in [2.45, 2.75) is 0 Å². The van der Waals surface area contributed by atoms with E-state index in [1.165, 1.54) is 24.0 Å². The maximum absolute atomic E-state index is 11.0. The summed E-state index contributed by atoms with van der Waals surface area (Å²) >= 11 is 0. The zero-order chi connectivity index (χ0) is 12.2. The first-order chi connectivity index (χ1) is 7.40. The number of carbonyl (C=O) groups is 1. The van der Waals surface area contributed by atoms with Crippen molar-refractivity contribution >= 4 is 26.0 Å². The standard InChI is InChI=1S/C8H8ClNO5S/c1-14-6-2-4-7(5-3-6)15-8(11)10-16(9,12)13/h2-5H,1H3,(H,10,11). The lowest BCUT2D eigenvalue weighted by atomic mass is 10.3. The van der Waals surface area contributed by atoms with Crippen molar-refractivity contribution in [1.82, 2.24) is 4.72 Å². The van der Waals surface area contributed by atoms with E-state index in [1.54, 1.807) is 12.1 Å². The van der Waals surface area contributed by atoms with Gasteiger partial charge in [0.15, 0.2) is 0 Å². The van der Waals surface area contributed by atoms with Gasteiger partial charge in [-0.2, -0.15) is 8.42 Å². The topological polar surface area (TPSA) is 81.7 Å². The number of methoxy groups -OCH3 is 1. The van der Waals surface area contributed by atoms with Gasteiger partial charge in [-0.25, -0.2) is 9.52 Å². The molecule has 1 rings (SSSR count). The Morgan fingerprint density at radius 3 is 2.19 bits per heavy atom. The van der Waals surface area contributed by atoms with Crippen LogP contribution in [0.15, 0.2) is 24.3 Å². The summed E-state index contributed by atoms with van der Waals surface area (Å²) in [5.41, 5.74) is 0. The molecule has 0 aromatic heterocycles. The van der Waals surface area contributed by atoms with Crippen molar-refractivity contribution in [3.05, 3.63) is 24.3 Å². The Balaban J connectivity index is 2.63. The minimum absolute atomic E-state index is 0.165. The van der Waals surface area contributed by atoms with E-state index in [9.17, 15) is 13.2 Å². The van der Waals surface area contributed by atoms with Crippen LogP contribution in [0.5, 0.6) is 11.5 Å². The van der Waals surface area contributed by atoms with E-state index in [4.69, 9.17) is 15.4 Å². The van der Waals surface area contributed by atoms with Crippen molar-refractivity contribution in [2.24, 2.45) is 0 Å². The molecule has 0 spiro atoms. The fourth-order valence-electron chi connectivity index (χ4n) is 0.871. The lowest BCUT2D eigenvalue weighted by molar-refractivity contribution is 0.207. The second kappa shape index (κ2) is 5.04. The van der Waals surface area contributed by atoms with E-state index >= 15 is 0 Å². The number of benzene rings is 1. The molecule has 16 heavy (non-hydrogen) atoms. The molecule has 0 fully saturated rings. The molecule has 0 aliphatic heterocycles. The van der Waals surface area contributed by atoms with E-state index in [-0.39, 0.29) is 5.75 Å². The molecule has 0 radical (unpaired) electrons. The molecule has 0 aliphatic carbocycles. The summed E-state index contributed by atoms with van der Waals surface area (Å²) < 4.78 is 31.9. The molecule has 6 nitrogen and oxygen atoms in total. The van der Waals surface area contributed by atoms with Crippen LogP contribution in [-0.4, -0.2) is 21.6 Å². The van der Waals surface area contributed by atoms with Crippen LogP contribution in [0, 0.1) is 0 Å². The highest BCUT2D eigenvalue weighted by atomic mass is 35.7. The third kappa shape index (κ3) is 4.37. The molecule has 0 heterocycles. The molecule has 0 saturated carbocycles. The van der Waals surface area contributed by atoms with Crippen LogP contribution in [0.3, 0.4) is 0 Å². The second-order valence-electron chi connectivity index (χ2n) is 2.60. The molecular formula is C8H8ClNO5S. The Bertz CT molecular complexity index is 470. The largest absolute Gasteiger partial charge is 0.497 e. The van der Waals surface area contributed by atoms with Gasteiger partial charge in [-0.3, -0.25) is 0 Å². The van der Waals surface area contributed by atoms with Crippen molar-refractivity contribution in [3.8, 4) is 11.5 Å². The minimum Gasteiger partial charge on any atom is -0.497 e. The lowest BCUT2D eigenvalue weighted by Gasteiger charge is -2.04. The minimum atomic E-state index is -4.13. The highest BCUT2D eigenvalue weighted by Crippen LogP contribution is 2.17. The second-order valence-corrected chi connectivity index (χ2v) is 4.90. The number of amides is 1. The van der Waals surface area contributed by atoms with Gasteiger partial charge in [-0.15, -0.1) is 0 Å². The average molecular weight is 266 g/mol. The Morgan fingerprint density at radius 2 is 1.75 bits per heavy atom. The number of carbonyl (C=O) groups excluding carboxylic acids is 1. The van der Waals surface area contributed by atoms with Crippen LogP contribution >= 0.6 is 10.7 Å². The smallest absolute Gasteiger partial charge is 0.427 e. The Hall–Kier alpha value is -1.47. The Kier molecular flexibility index (Phi) is 3.97. The number of hydrogen-bond acceptors (Lipinski definition) is 5. The third-order valence-corrected chi connectivity index (χ3v) is 2.12. The lowest BCUT2D eigenvalue weighted by Crippen LogP contribution is -2.29. The van der Waals surface area contributed by atoms with Crippen molar-refractivity contribution in [2.75, 3.05) is 7.11 Å². The van der Waals surface area contributed by atoms with E-state index in [0.717, 1.165) is 0 Å². The quantitative estimate of drug-likeness (QED) is 0.832. The average Bonchev–Trinajstić information content (AvgIpc) is 2.16. The normalized spacial score (nSPS) is 10.6. The monoisotopic (exact) mass is 265 g/mol. The van der Waals surface area contributed by atoms with Crippen LogP contribution in [0.2, 0.25) is 0 Å². The summed E-state index contributed by atoms with van der Waals surface area (Å²) in [5, 5.41) is 0. The van der Waals surface area contributed by atoms with Gasteiger partial charge in [0.1, 0.15) is 11.5 Å². The summed E-state index contributed by atoms with van der Waals surface area (Å²) in [6.45, 7) is 0. The summed E-state index contributed by atoms with van der Waals surface area (Å²) in [4.78, 5) is 11.0. The van der Waals surface area contributed by atoms with Crippen LogP contribution in [0.1, 0.15) is 0 Å². The van der Waals surface area contributed by atoms with Gasteiger partial charge in [-0.1, -0.05) is 0 Å². The predicted octanol–water partition coefficient (Wildman–Crippen LogP) is 1.27. The van der Waals surface area contributed by atoms with E-state index in [1.807, 2.05) is 0 Å². The Morgan fingerprint density at radius 1 is 1.25 bits per heavy atom. The molecule has 0 bridgehead atoms. The SMILES string of the molecule is COc1ccc(OC(=O)NS(=O)(=O)Cl)cc1. The van der Waals surface area contributed by atoms with Crippen LogP contribution in [0.4, 0.5) is 4.79 Å². The third-order valence-electron chi connectivity index (χ3n) is 1.48. The van der Waals surface area contributed by atoms with Gasteiger partial charge >= 0.3 is 15.3 Å². The van der Waals surface area contributed by atoms with Crippen molar-refractivity contribution in [3.63, 3.8) is 0 Å². The molecule has 1 aromatic carbocycles. The first-order valence-electron chi connectivity index (χ1n) is 3.99. The van der Waals surface area contributed by atoms with Crippen molar-refractivity contribution < 1.29 is 22.7 Å². The number of halogens is 1. The highest BCUT2D eigenvalue weighted by molar-refractivity contribution is 8.12. The maximum Gasteiger partial charge on any atom is 0.427 e. The zero-order valence-electron chi connectivity index (χ0n) is 8.14. The number of ether oxygens (including phenoxy) is 2. The van der Waals surface area contributed by atoms with E-state index < -0.39 is 15.3 Å². The van der Waals surface area contributed by atoms with E-state index in [2.05, 4.69) is 4.74 Å². The summed E-state index contributed by atoms with van der Waals surface area (Å²) in [5.74, 6) is 0.747. The molecular weight excluding hydrogens is 258 g/mol.